The van der Waals surface area contributed by atoms with E-state index in [1.54, 1.807) is 13.0 Å². The molecule has 2 fully saturated rings. The van der Waals surface area contributed by atoms with Gasteiger partial charge in [0.25, 0.3) is 11.5 Å². The van der Waals surface area contributed by atoms with Crippen LogP contribution in [-0.2, 0) is 6.54 Å². The number of amides is 1. The molecule has 2 aliphatic rings. The van der Waals surface area contributed by atoms with Crippen LogP contribution in [0.5, 0.6) is 0 Å². The van der Waals surface area contributed by atoms with Crippen LogP contribution < -0.4 is 10.9 Å². The summed E-state index contributed by atoms with van der Waals surface area (Å²) in [7, 11) is 2.16. The van der Waals surface area contributed by atoms with E-state index in [1.165, 1.54) is 30.2 Å². The van der Waals surface area contributed by atoms with Crippen LogP contribution in [0.4, 0.5) is 0 Å². The topological polar surface area (TPSA) is 83.6 Å². The number of furan rings is 1. The molecule has 168 valence electrons. The van der Waals surface area contributed by atoms with Gasteiger partial charge >= 0.3 is 0 Å². The average Bonchev–Trinajstić information content (AvgIpc) is 3.12. The van der Waals surface area contributed by atoms with Crippen LogP contribution in [0, 0.1) is 6.92 Å². The van der Waals surface area contributed by atoms with E-state index in [9.17, 15) is 9.59 Å². The number of hydrogen-bond donors (Lipinski definition) is 1. The maximum atomic E-state index is 13.3. The molecule has 1 N–H and O–H groups in total. The fourth-order valence-electron chi connectivity index (χ4n) is 5.11. The van der Waals surface area contributed by atoms with Gasteiger partial charge in [0.15, 0.2) is 0 Å². The Kier molecular flexibility index (Phi) is 6.29. The van der Waals surface area contributed by atoms with E-state index in [0.717, 1.165) is 39.0 Å². The molecule has 0 atom stereocenters. The summed E-state index contributed by atoms with van der Waals surface area (Å²) in [6, 6.07) is 0. The Balaban J connectivity index is 1.59. The maximum absolute atomic E-state index is 13.3. The minimum absolute atomic E-state index is 0.0100. The number of fused-ring (bicyclic) bond motifs is 1. The van der Waals surface area contributed by atoms with Crippen LogP contribution in [0.15, 0.2) is 28.2 Å². The summed E-state index contributed by atoms with van der Waals surface area (Å²) in [6.07, 6.45) is 8.87. The van der Waals surface area contributed by atoms with Gasteiger partial charge < -0.3 is 14.6 Å². The lowest BCUT2D eigenvalue weighted by Crippen LogP contribution is -2.61. The van der Waals surface area contributed by atoms with E-state index in [-0.39, 0.29) is 28.1 Å². The van der Waals surface area contributed by atoms with Gasteiger partial charge in [-0.3, -0.25) is 19.1 Å². The normalized spacial score (nSPS) is 20.1. The van der Waals surface area contributed by atoms with Crippen molar-refractivity contribution in [3.8, 4) is 0 Å². The van der Waals surface area contributed by atoms with Crippen molar-refractivity contribution < 1.29 is 9.21 Å². The molecule has 1 aliphatic carbocycles. The highest BCUT2D eigenvalue weighted by molar-refractivity contribution is 6.06. The number of rotatable bonds is 6. The lowest BCUT2D eigenvalue weighted by atomic mass is 9.79. The number of hydrogen-bond acceptors (Lipinski definition) is 6. The summed E-state index contributed by atoms with van der Waals surface area (Å²) in [4.78, 5) is 35.4. The number of aromatic nitrogens is 2. The minimum atomic E-state index is -0.279. The molecule has 2 aromatic rings. The molecule has 1 amide bonds. The number of aryl methyl sites for hydroxylation is 1. The molecule has 1 saturated carbocycles. The van der Waals surface area contributed by atoms with Gasteiger partial charge in [-0.1, -0.05) is 25.3 Å². The molecule has 3 heterocycles. The smallest absolute Gasteiger partial charge is 0.265 e. The highest BCUT2D eigenvalue weighted by Gasteiger charge is 2.39. The Morgan fingerprint density at radius 3 is 2.65 bits per heavy atom. The van der Waals surface area contributed by atoms with Gasteiger partial charge in [-0.25, -0.2) is 4.98 Å². The fourth-order valence-corrected chi connectivity index (χ4v) is 5.11. The number of piperazine rings is 1. The number of nitrogens with zero attached hydrogens (tertiary/aromatic N) is 4. The molecular formula is C23H33N5O3. The summed E-state index contributed by atoms with van der Waals surface area (Å²) >= 11 is 0. The van der Waals surface area contributed by atoms with Crippen molar-refractivity contribution in [3.63, 3.8) is 0 Å². The van der Waals surface area contributed by atoms with Crippen LogP contribution >= 0.6 is 0 Å². The molecule has 4 rings (SSSR count). The van der Waals surface area contributed by atoms with Crippen molar-refractivity contribution in [2.45, 2.75) is 51.1 Å². The zero-order valence-electron chi connectivity index (χ0n) is 18.7. The monoisotopic (exact) mass is 427 g/mol. The molecule has 1 aliphatic heterocycles. The highest BCUT2D eigenvalue weighted by atomic mass is 16.3. The number of likely N-dealkylation sites (N-methyl/N-ethyl adjacent to an activating group) is 1. The third-order valence-corrected chi connectivity index (χ3v) is 6.94. The van der Waals surface area contributed by atoms with Crippen LogP contribution in [0.1, 0.15) is 48.2 Å². The van der Waals surface area contributed by atoms with Crippen molar-refractivity contribution in [2.24, 2.45) is 0 Å². The van der Waals surface area contributed by atoms with Gasteiger partial charge in [0, 0.05) is 44.8 Å². The summed E-state index contributed by atoms with van der Waals surface area (Å²) < 4.78 is 7.09. The van der Waals surface area contributed by atoms with Gasteiger partial charge in [-0.05, 0) is 26.8 Å². The van der Waals surface area contributed by atoms with Crippen LogP contribution in [0.25, 0.3) is 11.1 Å². The van der Waals surface area contributed by atoms with E-state index in [2.05, 4.69) is 33.7 Å². The van der Waals surface area contributed by atoms with Crippen molar-refractivity contribution in [1.29, 1.82) is 0 Å². The lowest BCUT2D eigenvalue weighted by molar-refractivity contribution is 0.0138. The largest absolute Gasteiger partial charge is 0.442 e. The molecule has 8 heteroatoms. The Bertz CT molecular complexity index is 1010. The second-order valence-electron chi connectivity index (χ2n) is 8.96. The van der Waals surface area contributed by atoms with Crippen molar-refractivity contribution >= 4 is 17.0 Å². The lowest BCUT2D eigenvalue weighted by Gasteiger charge is -2.49. The number of allylic oxidation sites excluding steroid dienone is 1. The number of carbonyl (C=O) groups is 1. The predicted octanol–water partition coefficient (Wildman–Crippen LogP) is 2.16. The van der Waals surface area contributed by atoms with Crippen molar-refractivity contribution in [3.05, 3.63) is 40.7 Å². The minimum Gasteiger partial charge on any atom is -0.442 e. The first kappa shape index (κ1) is 21.8. The Morgan fingerprint density at radius 2 is 1.97 bits per heavy atom. The Hall–Kier alpha value is -2.45. The summed E-state index contributed by atoms with van der Waals surface area (Å²) in [5.74, 6) is 0.163. The molecule has 0 unspecified atom stereocenters. The zero-order valence-corrected chi connectivity index (χ0v) is 18.7. The van der Waals surface area contributed by atoms with E-state index in [4.69, 9.17) is 4.42 Å². The predicted molar refractivity (Wildman–Crippen MR) is 120 cm³/mol. The maximum Gasteiger partial charge on any atom is 0.265 e. The van der Waals surface area contributed by atoms with Crippen molar-refractivity contribution in [2.75, 3.05) is 39.8 Å². The molecule has 31 heavy (non-hydrogen) atoms. The van der Waals surface area contributed by atoms with Crippen molar-refractivity contribution in [1.82, 2.24) is 24.7 Å². The molecule has 1 saturated heterocycles. The molecule has 2 aromatic heterocycles. The number of carbonyl (C=O) groups excluding carboxylic acids is 1. The van der Waals surface area contributed by atoms with Crippen LogP contribution in [-0.4, -0.2) is 70.6 Å². The highest BCUT2D eigenvalue weighted by Crippen LogP contribution is 2.34. The summed E-state index contributed by atoms with van der Waals surface area (Å²) in [5, 5.41) is 3.41. The standard InChI is InChI=1S/C23H33N5O3/c1-4-10-27-16-25-21-19(22(27)30)18(17(2)31-21)20(29)24-15-23(8-6-5-7-9-23)28-13-11-26(3)12-14-28/h4,16H,1,5-15H2,2-3H3,(H,24,29). The van der Waals surface area contributed by atoms with Gasteiger partial charge in [0.2, 0.25) is 5.71 Å². The first-order valence-corrected chi connectivity index (χ1v) is 11.3. The molecule has 0 spiro atoms. The molecule has 0 bridgehead atoms. The summed E-state index contributed by atoms with van der Waals surface area (Å²) in [6.45, 7) is 10.5. The van der Waals surface area contributed by atoms with E-state index in [1.807, 2.05) is 0 Å². The first-order valence-electron chi connectivity index (χ1n) is 11.3. The second-order valence-corrected chi connectivity index (χ2v) is 8.96. The SMILES string of the molecule is C=CCn1cnc2oc(C)c(C(=O)NCC3(N4CCN(C)CC4)CCCCC3)c2c1=O. The third-order valence-electron chi connectivity index (χ3n) is 6.94. The Labute approximate surface area is 182 Å². The van der Waals surface area contributed by atoms with Crippen LogP contribution in [0.3, 0.4) is 0 Å². The van der Waals surface area contributed by atoms with E-state index in [0.29, 0.717) is 24.4 Å². The van der Waals surface area contributed by atoms with Crippen LogP contribution in [0.2, 0.25) is 0 Å². The molecule has 0 aromatic carbocycles. The fraction of sp³-hybridized carbons (Fsp3) is 0.609. The van der Waals surface area contributed by atoms with Gasteiger partial charge in [-0.2, -0.15) is 0 Å². The second kappa shape index (κ2) is 8.96. The third kappa shape index (κ3) is 4.19. The zero-order chi connectivity index (χ0) is 22.0. The first-order chi connectivity index (χ1) is 14.9. The summed E-state index contributed by atoms with van der Waals surface area (Å²) in [5.41, 5.74) is 0.220. The van der Waals surface area contributed by atoms with Gasteiger partial charge in [0.1, 0.15) is 17.5 Å². The van der Waals surface area contributed by atoms with Gasteiger partial charge in [-0.15, -0.1) is 6.58 Å². The Morgan fingerprint density at radius 1 is 1.26 bits per heavy atom. The average molecular weight is 428 g/mol. The molecule has 8 nitrogen and oxygen atoms in total. The quantitative estimate of drug-likeness (QED) is 0.712. The molecular weight excluding hydrogens is 394 g/mol. The molecule has 0 radical (unpaired) electrons. The number of nitrogens with one attached hydrogen (secondary N) is 1. The van der Waals surface area contributed by atoms with Gasteiger partial charge in [0.05, 0.1) is 5.56 Å². The van der Waals surface area contributed by atoms with E-state index >= 15 is 0 Å². The van der Waals surface area contributed by atoms with E-state index < -0.39 is 0 Å².